The van der Waals surface area contributed by atoms with E-state index in [1.807, 2.05) is 36.1 Å². The lowest BCUT2D eigenvalue weighted by Gasteiger charge is -2.31. The molecule has 2 aliphatic heterocycles. The minimum absolute atomic E-state index is 0. The number of carbonyl (C=O) groups is 2. The van der Waals surface area contributed by atoms with Gasteiger partial charge in [0, 0.05) is 32.0 Å². The fourth-order valence-electron chi connectivity index (χ4n) is 3.08. The number of hydrogen-bond donors (Lipinski definition) is 2. The van der Waals surface area contributed by atoms with Gasteiger partial charge in [-0.2, -0.15) is 0 Å². The highest BCUT2D eigenvalue weighted by molar-refractivity contribution is 5.85. The van der Waals surface area contributed by atoms with Crippen molar-refractivity contribution in [1.82, 2.24) is 15.5 Å². The van der Waals surface area contributed by atoms with Crippen molar-refractivity contribution in [2.24, 2.45) is 11.8 Å². The number of nitrogens with zero attached hydrogens (tertiary/aromatic N) is 1. The van der Waals surface area contributed by atoms with Crippen LogP contribution in [-0.2, 0) is 22.7 Å². The Hall–Kier alpha value is -1.59. The zero-order valence-electron chi connectivity index (χ0n) is 14.1. The van der Waals surface area contributed by atoms with Crippen LogP contribution in [0.15, 0.2) is 24.3 Å². The van der Waals surface area contributed by atoms with Gasteiger partial charge in [0.05, 0.1) is 0 Å². The lowest BCUT2D eigenvalue weighted by Crippen LogP contribution is -2.49. The molecule has 24 heavy (non-hydrogen) atoms. The SMILES string of the molecule is CC(C(=O)NCc1ccc(CN2CCCC2=O)cc1)C1CNC1.Cl. The van der Waals surface area contributed by atoms with Crippen molar-refractivity contribution in [3.8, 4) is 0 Å². The highest BCUT2D eigenvalue weighted by atomic mass is 35.5. The molecule has 0 saturated carbocycles. The van der Waals surface area contributed by atoms with E-state index in [1.165, 1.54) is 0 Å². The summed E-state index contributed by atoms with van der Waals surface area (Å²) in [5.74, 6) is 0.913. The van der Waals surface area contributed by atoms with Crippen molar-refractivity contribution in [2.45, 2.75) is 32.9 Å². The van der Waals surface area contributed by atoms with Crippen LogP contribution in [0.25, 0.3) is 0 Å². The van der Waals surface area contributed by atoms with Gasteiger partial charge in [-0.3, -0.25) is 9.59 Å². The van der Waals surface area contributed by atoms with Crippen LogP contribution in [0.5, 0.6) is 0 Å². The number of carbonyl (C=O) groups excluding carboxylic acids is 2. The van der Waals surface area contributed by atoms with Crippen LogP contribution in [0, 0.1) is 11.8 Å². The molecule has 2 N–H and O–H groups in total. The molecular weight excluding hydrogens is 326 g/mol. The molecule has 0 aromatic heterocycles. The number of amides is 2. The second-order valence-corrected chi connectivity index (χ2v) is 6.66. The van der Waals surface area contributed by atoms with Crippen molar-refractivity contribution in [3.63, 3.8) is 0 Å². The molecule has 3 rings (SSSR count). The summed E-state index contributed by atoms with van der Waals surface area (Å²) in [7, 11) is 0. The maximum Gasteiger partial charge on any atom is 0.223 e. The highest BCUT2D eigenvalue weighted by Crippen LogP contribution is 2.17. The maximum absolute atomic E-state index is 12.1. The first-order valence-corrected chi connectivity index (χ1v) is 8.47. The molecule has 0 aliphatic carbocycles. The summed E-state index contributed by atoms with van der Waals surface area (Å²) in [5, 5.41) is 6.22. The molecule has 2 amide bonds. The molecule has 2 heterocycles. The molecule has 132 valence electrons. The summed E-state index contributed by atoms with van der Waals surface area (Å²) in [5.41, 5.74) is 2.23. The van der Waals surface area contributed by atoms with E-state index in [0.717, 1.165) is 37.2 Å². The van der Waals surface area contributed by atoms with E-state index in [9.17, 15) is 9.59 Å². The largest absolute Gasteiger partial charge is 0.352 e. The van der Waals surface area contributed by atoms with Crippen LogP contribution in [0.1, 0.15) is 30.9 Å². The zero-order valence-corrected chi connectivity index (χ0v) is 14.9. The van der Waals surface area contributed by atoms with Crippen LogP contribution in [0.2, 0.25) is 0 Å². The number of rotatable bonds is 6. The minimum Gasteiger partial charge on any atom is -0.352 e. The first-order valence-electron chi connectivity index (χ1n) is 8.47. The molecule has 1 unspecified atom stereocenters. The predicted octanol–water partition coefficient (Wildman–Crippen LogP) is 1.70. The second kappa shape index (κ2) is 8.49. The van der Waals surface area contributed by atoms with E-state index in [-0.39, 0.29) is 30.1 Å². The van der Waals surface area contributed by atoms with Crippen LogP contribution in [0.3, 0.4) is 0 Å². The third-order valence-electron chi connectivity index (χ3n) is 4.97. The highest BCUT2D eigenvalue weighted by Gasteiger charge is 2.28. The Labute approximate surface area is 149 Å². The number of nitrogens with one attached hydrogen (secondary N) is 2. The van der Waals surface area contributed by atoms with E-state index in [2.05, 4.69) is 10.6 Å². The van der Waals surface area contributed by atoms with Crippen molar-refractivity contribution in [2.75, 3.05) is 19.6 Å². The van der Waals surface area contributed by atoms with E-state index >= 15 is 0 Å². The fourth-order valence-corrected chi connectivity index (χ4v) is 3.08. The first kappa shape index (κ1) is 18.7. The molecule has 2 saturated heterocycles. The van der Waals surface area contributed by atoms with E-state index in [0.29, 0.717) is 25.4 Å². The van der Waals surface area contributed by atoms with Gasteiger partial charge in [0.1, 0.15) is 0 Å². The summed E-state index contributed by atoms with van der Waals surface area (Å²) >= 11 is 0. The number of hydrogen-bond acceptors (Lipinski definition) is 3. The van der Waals surface area contributed by atoms with Crippen LogP contribution in [0.4, 0.5) is 0 Å². The Kier molecular flexibility index (Phi) is 6.63. The number of benzene rings is 1. The molecule has 2 aliphatic rings. The summed E-state index contributed by atoms with van der Waals surface area (Å²) in [6.07, 6.45) is 1.65. The van der Waals surface area contributed by atoms with E-state index in [1.54, 1.807) is 0 Å². The van der Waals surface area contributed by atoms with E-state index in [4.69, 9.17) is 0 Å². The summed E-state index contributed by atoms with van der Waals surface area (Å²) in [4.78, 5) is 25.7. The second-order valence-electron chi connectivity index (χ2n) is 6.66. The summed E-state index contributed by atoms with van der Waals surface area (Å²) in [6.45, 7) is 6.00. The normalized spacial score (nSPS) is 18.7. The Morgan fingerprint density at radius 3 is 2.50 bits per heavy atom. The van der Waals surface area contributed by atoms with Crippen molar-refractivity contribution in [1.29, 1.82) is 0 Å². The minimum atomic E-state index is 0. The van der Waals surface area contributed by atoms with Crippen molar-refractivity contribution < 1.29 is 9.59 Å². The van der Waals surface area contributed by atoms with Gasteiger partial charge in [0.25, 0.3) is 0 Å². The number of likely N-dealkylation sites (tertiary alicyclic amines) is 1. The van der Waals surface area contributed by atoms with Crippen molar-refractivity contribution in [3.05, 3.63) is 35.4 Å². The van der Waals surface area contributed by atoms with Crippen LogP contribution >= 0.6 is 12.4 Å². The summed E-state index contributed by atoms with van der Waals surface area (Å²) in [6, 6.07) is 8.16. The molecule has 6 heteroatoms. The van der Waals surface area contributed by atoms with Gasteiger partial charge in [-0.1, -0.05) is 31.2 Å². The zero-order chi connectivity index (χ0) is 16.2. The van der Waals surface area contributed by atoms with Gasteiger partial charge in [-0.15, -0.1) is 12.4 Å². The van der Waals surface area contributed by atoms with E-state index < -0.39 is 0 Å². The topological polar surface area (TPSA) is 61.4 Å². The quantitative estimate of drug-likeness (QED) is 0.820. The maximum atomic E-state index is 12.1. The Bertz CT molecular complexity index is 572. The molecule has 5 nitrogen and oxygen atoms in total. The monoisotopic (exact) mass is 351 g/mol. The molecule has 1 atom stereocenters. The fraction of sp³-hybridized carbons (Fsp3) is 0.556. The van der Waals surface area contributed by atoms with Crippen LogP contribution in [-0.4, -0.2) is 36.3 Å². The average Bonchev–Trinajstić information content (AvgIpc) is 2.89. The Morgan fingerprint density at radius 1 is 1.29 bits per heavy atom. The molecule has 2 fully saturated rings. The molecule has 0 bridgehead atoms. The lowest BCUT2D eigenvalue weighted by molar-refractivity contribution is -0.128. The molecule has 0 spiro atoms. The van der Waals surface area contributed by atoms with Gasteiger partial charge in [0.15, 0.2) is 0 Å². The Balaban J connectivity index is 0.00000208. The smallest absolute Gasteiger partial charge is 0.223 e. The third kappa shape index (κ3) is 4.48. The van der Waals surface area contributed by atoms with Gasteiger partial charge in [-0.05, 0) is 36.6 Å². The standard InChI is InChI=1S/C18H25N3O2.ClH/c1-13(16-10-19-11-16)18(23)20-9-14-4-6-15(7-5-14)12-21-8-2-3-17(21)22;/h4-7,13,16,19H,2-3,8-12H2,1H3,(H,20,23);1H. The van der Waals surface area contributed by atoms with Crippen LogP contribution < -0.4 is 10.6 Å². The van der Waals surface area contributed by atoms with Gasteiger partial charge in [-0.25, -0.2) is 0 Å². The Morgan fingerprint density at radius 2 is 1.96 bits per heavy atom. The first-order chi connectivity index (χ1) is 11.1. The number of halogens is 1. The molecule has 1 aromatic rings. The molecule has 0 radical (unpaired) electrons. The average molecular weight is 352 g/mol. The van der Waals surface area contributed by atoms with Gasteiger partial charge in [0.2, 0.25) is 11.8 Å². The molecular formula is C18H26ClN3O2. The lowest BCUT2D eigenvalue weighted by atomic mass is 9.88. The van der Waals surface area contributed by atoms with Crippen molar-refractivity contribution >= 4 is 24.2 Å². The summed E-state index contributed by atoms with van der Waals surface area (Å²) < 4.78 is 0. The molecule has 1 aromatic carbocycles. The van der Waals surface area contributed by atoms with Gasteiger partial charge >= 0.3 is 0 Å². The van der Waals surface area contributed by atoms with Gasteiger partial charge < -0.3 is 15.5 Å². The predicted molar refractivity (Wildman–Crippen MR) is 95.7 cm³/mol. The third-order valence-corrected chi connectivity index (χ3v) is 4.97.